The monoisotopic (exact) mass is 346 g/mol. The van der Waals surface area contributed by atoms with E-state index in [2.05, 4.69) is 26.5 Å². The Hall–Kier alpha value is -3.25. The van der Waals surface area contributed by atoms with Crippen LogP contribution in [0.25, 0.3) is 22.2 Å². The molecule has 2 N–H and O–H groups in total. The van der Waals surface area contributed by atoms with E-state index in [9.17, 15) is 5.11 Å². The Labute approximate surface area is 150 Å². The smallest absolute Gasteiger partial charge is 0.261 e. The second-order valence-electron chi connectivity index (χ2n) is 6.05. The summed E-state index contributed by atoms with van der Waals surface area (Å²) in [4.78, 5) is 8.57. The van der Waals surface area contributed by atoms with E-state index in [1.807, 2.05) is 42.5 Å². The van der Waals surface area contributed by atoms with Crippen molar-refractivity contribution in [2.75, 3.05) is 11.9 Å². The lowest BCUT2D eigenvalue weighted by atomic mass is 10.0. The average Bonchev–Trinajstić information content (AvgIpc) is 3.12. The Morgan fingerprint density at radius 2 is 1.92 bits per heavy atom. The number of nitrogens with zero attached hydrogens (tertiary/aromatic N) is 3. The Morgan fingerprint density at radius 3 is 2.73 bits per heavy atom. The van der Waals surface area contributed by atoms with E-state index in [0.29, 0.717) is 29.6 Å². The number of aryl methyl sites for hydroxylation is 1. The van der Waals surface area contributed by atoms with Gasteiger partial charge in [0.25, 0.3) is 5.89 Å². The molecular formula is C20H18N4O2. The number of aromatic nitrogens is 3. The van der Waals surface area contributed by atoms with Crippen molar-refractivity contribution in [3.63, 3.8) is 0 Å². The number of pyridine rings is 1. The van der Waals surface area contributed by atoms with Crippen molar-refractivity contribution in [3.8, 4) is 11.5 Å². The van der Waals surface area contributed by atoms with Crippen LogP contribution in [0.5, 0.6) is 0 Å². The van der Waals surface area contributed by atoms with Crippen LogP contribution in [0.2, 0.25) is 0 Å². The second-order valence-corrected chi connectivity index (χ2v) is 6.05. The summed E-state index contributed by atoms with van der Waals surface area (Å²) in [5.74, 6) is 1.56. The molecule has 2 aromatic carbocycles. The predicted molar refractivity (Wildman–Crippen MR) is 99.7 cm³/mol. The number of nitrogens with one attached hydrogen (secondary N) is 1. The van der Waals surface area contributed by atoms with Gasteiger partial charge in [-0.3, -0.25) is 0 Å². The first-order valence-corrected chi connectivity index (χ1v) is 8.37. The van der Waals surface area contributed by atoms with Crippen molar-refractivity contribution < 1.29 is 9.63 Å². The lowest BCUT2D eigenvalue weighted by molar-refractivity contribution is 0.191. The molecule has 0 aliphatic carbocycles. The molecule has 0 aliphatic heterocycles. The molecule has 0 spiro atoms. The second kappa shape index (κ2) is 6.93. The maximum absolute atomic E-state index is 10.6. The van der Waals surface area contributed by atoms with Crippen LogP contribution < -0.4 is 5.32 Å². The van der Waals surface area contributed by atoms with Gasteiger partial charge in [0.1, 0.15) is 5.82 Å². The van der Waals surface area contributed by atoms with Crippen LogP contribution in [0.4, 0.5) is 5.82 Å². The fourth-order valence-electron chi connectivity index (χ4n) is 2.85. The van der Waals surface area contributed by atoms with Gasteiger partial charge < -0.3 is 14.9 Å². The minimum absolute atomic E-state index is 0.315. The van der Waals surface area contributed by atoms with Gasteiger partial charge in [0.05, 0.1) is 11.7 Å². The van der Waals surface area contributed by atoms with Crippen LogP contribution in [0.1, 0.15) is 17.5 Å². The summed E-state index contributed by atoms with van der Waals surface area (Å²) in [5, 5.41) is 19.8. The highest BCUT2D eigenvalue weighted by Crippen LogP contribution is 2.26. The van der Waals surface area contributed by atoms with Gasteiger partial charge in [0, 0.05) is 12.7 Å². The lowest BCUT2D eigenvalue weighted by Crippen LogP contribution is -2.13. The summed E-state index contributed by atoms with van der Waals surface area (Å²) < 4.78 is 5.23. The number of fused-ring (bicyclic) bond motifs is 1. The molecule has 1 atom stereocenters. The number of hydrogen-bond donors (Lipinski definition) is 2. The van der Waals surface area contributed by atoms with Crippen LogP contribution >= 0.6 is 0 Å². The number of benzene rings is 2. The van der Waals surface area contributed by atoms with Gasteiger partial charge in [-0.2, -0.15) is 4.98 Å². The predicted octanol–water partition coefficient (Wildman–Crippen LogP) is 3.74. The molecule has 0 aliphatic rings. The molecule has 4 rings (SSSR count). The third kappa shape index (κ3) is 3.27. The van der Waals surface area contributed by atoms with E-state index in [-0.39, 0.29) is 0 Å². The summed E-state index contributed by atoms with van der Waals surface area (Å²) in [5.41, 5.74) is 1.56. The highest BCUT2D eigenvalue weighted by Gasteiger charge is 2.14. The number of aliphatic hydroxyl groups excluding tert-OH is 1. The summed E-state index contributed by atoms with van der Waals surface area (Å²) >= 11 is 0. The van der Waals surface area contributed by atoms with Crippen LogP contribution in [0.3, 0.4) is 0 Å². The Kier molecular flexibility index (Phi) is 4.33. The fourth-order valence-corrected chi connectivity index (χ4v) is 2.85. The van der Waals surface area contributed by atoms with Gasteiger partial charge in [-0.05, 0) is 41.5 Å². The Balaban J connectivity index is 1.53. The minimum Gasteiger partial charge on any atom is -0.387 e. The molecule has 2 aromatic heterocycles. The molecule has 0 amide bonds. The van der Waals surface area contributed by atoms with Gasteiger partial charge in [-0.15, -0.1) is 0 Å². The van der Waals surface area contributed by atoms with E-state index < -0.39 is 6.10 Å². The number of aliphatic hydroxyl groups is 1. The Morgan fingerprint density at radius 1 is 1.08 bits per heavy atom. The maximum Gasteiger partial charge on any atom is 0.261 e. The van der Waals surface area contributed by atoms with Gasteiger partial charge in [0.2, 0.25) is 0 Å². The van der Waals surface area contributed by atoms with Crippen molar-refractivity contribution in [2.24, 2.45) is 0 Å². The number of hydrogen-bond acceptors (Lipinski definition) is 6. The van der Waals surface area contributed by atoms with E-state index in [1.165, 1.54) is 0 Å². The molecular weight excluding hydrogens is 328 g/mol. The molecule has 0 radical (unpaired) electrons. The van der Waals surface area contributed by atoms with E-state index >= 15 is 0 Å². The van der Waals surface area contributed by atoms with E-state index in [4.69, 9.17) is 4.52 Å². The zero-order valence-electron chi connectivity index (χ0n) is 14.3. The fraction of sp³-hybridized carbons (Fsp3) is 0.150. The van der Waals surface area contributed by atoms with Crippen molar-refractivity contribution >= 4 is 16.6 Å². The Bertz CT molecular complexity index is 1040. The summed E-state index contributed by atoms with van der Waals surface area (Å²) in [7, 11) is 0. The molecule has 0 saturated carbocycles. The molecule has 6 heteroatoms. The first-order chi connectivity index (χ1) is 12.7. The standard InChI is InChI=1S/C20H18N4O2/c1-13-23-20(26-24-13)17-7-4-10-21-19(17)22-12-18(25)16-9-8-14-5-2-3-6-15(14)11-16/h2-11,18,25H,12H2,1H3,(H,21,22). The van der Waals surface area contributed by atoms with Crippen molar-refractivity contribution in [1.82, 2.24) is 15.1 Å². The topological polar surface area (TPSA) is 84.1 Å². The molecule has 26 heavy (non-hydrogen) atoms. The third-order valence-corrected chi connectivity index (χ3v) is 4.19. The lowest BCUT2D eigenvalue weighted by Gasteiger charge is -2.14. The zero-order valence-corrected chi connectivity index (χ0v) is 14.3. The molecule has 0 bridgehead atoms. The summed E-state index contributed by atoms with van der Waals surface area (Å²) in [6, 6.07) is 17.7. The van der Waals surface area contributed by atoms with Gasteiger partial charge in [0.15, 0.2) is 5.82 Å². The largest absolute Gasteiger partial charge is 0.387 e. The van der Waals surface area contributed by atoms with E-state index in [0.717, 1.165) is 16.3 Å². The van der Waals surface area contributed by atoms with Crippen LogP contribution in [-0.4, -0.2) is 26.8 Å². The third-order valence-electron chi connectivity index (χ3n) is 4.19. The molecule has 0 fully saturated rings. The van der Waals surface area contributed by atoms with Gasteiger partial charge in [-0.1, -0.05) is 41.6 Å². The first-order valence-electron chi connectivity index (χ1n) is 8.37. The van der Waals surface area contributed by atoms with Crippen molar-refractivity contribution in [3.05, 3.63) is 72.2 Å². The summed E-state index contributed by atoms with van der Waals surface area (Å²) in [6.07, 6.45) is 1.01. The molecule has 130 valence electrons. The summed E-state index contributed by atoms with van der Waals surface area (Å²) in [6.45, 7) is 2.08. The normalized spacial score (nSPS) is 12.2. The van der Waals surface area contributed by atoms with E-state index in [1.54, 1.807) is 19.2 Å². The SMILES string of the molecule is Cc1noc(-c2cccnc2NCC(O)c2ccc3ccccc3c2)n1. The maximum atomic E-state index is 10.6. The molecule has 1 unspecified atom stereocenters. The first kappa shape index (κ1) is 16.2. The van der Waals surface area contributed by atoms with Gasteiger partial charge >= 0.3 is 0 Å². The molecule has 2 heterocycles. The number of anilines is 1. The number of rotatable bonds is 5. The van der Waals surface area contributed by atoms with Crippen LogP contribution in [0.15, 0.2) is 65.3 Å². The molecule has 0 saturated heterocycles. The minimum atomic E-state index is -0.668. The van der Waals surface area contributed by atoms with Crippen LogP contribution in [0, 0.1) is 6.92 Å². The van der Waals surface area contributed by atoms with Crippen molar-refractivity contribution in [2.45, 2.75) is 13.0 Å². The highest BCUT2D eigenvalue weighted by molar-refractivity contribution is 5.83. The van der Waals surface area contributed by atoms with Gasteiger partial charge in [-0.25, -0.2) is 4.98 Å². The highest BCUT2D eigenvalue weighted by atomic mass is 16.5. The molecule has 4 aromatic rings. The quantitative estimate of drug-likeness (QED) is 0.573. The van der Waals surface area contributed by atoms with Crippen LogP contribution in [-0.2, 0) is 0 Å². The average molecular weight is 346 g/mol. The molecule has 6 nitrogen and oxygen atoms in total. The zero-order chi connectivity index (χ0) is 17.9. The van der Waals surface area contributed by atoms with Crippen molar-refractivity contribution in [1.29, 1.82) is 0 Å².